The monoisotopic (exact) mass is 267 g/mol. The van der Waals surface area contributed by atoms with Crippen LogP contribution in [0.2, 0.25) is 0 Å². The van der Waals surface area contributed by atoms with Gasteiger partial charge in [0.2, 0.25) is 0 Å². The molecular weight excluding hydrogens is 242 g/mol. The Morgan fingerprint density at radius 2 is 1.89 bits per heavy atom. The smallest absolute Gasteiger partial charge is 0.127 e. The molecule has 2 N–H and O–H groups in total. The number of unbranched alkanes of at least 4 members (excludes halogenated alkanes) is 1. The first-order chi connectivity index (χ1) is 9.20. The maximum absolute atomic E-state index is 5.97. The van der Waals surface area contributed by atoms with E-state index in [0.717, 1.165) is 36.5 Å². The summed E-state index contributed by atoms with van der Waals surface area (Å²) in [5.41, 5.74) is 6.87. The zero-order chi connectivity index (χ0) is 14.1. The molecule has 0 amide bonds. The van der Waals surface area contributed by atoms with Crippen LogP contribution < -0.4 is 15.2 Å². The van der Waals surface area contributed by atoms with Crippen molar-refractivity contribution in [1.82, 2.24) is 0 Å². The van der Waals surface area contributed by atoms with Crippen molar-refractivity contribution < 1.29 is 14.2 Å². The van der Waals surface area contributed by atoms with Gasteiger partial charge in [-0.15, -0.1) is 0 Å². The summed E-state index contributed by atoms with van der Waals surface area (Å²) in [5, 5.41) is 0. The lowest BCUT2D eigenvalue weighted by Gasteiger charge is -2.17. The van der Waals surface area contributed by atoms with Gasteiger partial charge in [-0.25, -0.2) is 0 Å². The van der Waals surface area contributed by atoms with Crippen LogP contribution in [0.4, 0.5) is 0 Å². The predicted octanol–water partition coefficient (Wildman–Crippen LogP) is 2.91. The van der Waals surface area contributed by atoms with E-state index in [-0.39, 0.29) is 6.04 Å². The van der Waals surface area contributed by atoms with Gasteiger partial charge in [0.25, 0.3) is 0 Å². The third-order valence-corrected chi connectivity index (χ3v) is 2.83. The van der Waals surface area contributed by atoms with Crippen molar-refractivity contribution in [3.8, 4) is 11.5 Å². The largest absolute Gasteiger partial charge is 0.496 e. The summed E-state index contributed by atoms with van der Waals surface area (Å²) < 4.78 is 16.5. The molecule has 1 atom stereocenters. The molecule has 4 nitrogen and oxygen atoms in total. The maximum atomic E-state index is 5.97. The molecular formula is C15H25NO3. The quantitative estimate of drug-likeness (QED) is 0.699. The van der Waals surface area contributed by atoms with Crippen molar-refractivity contribution in [1.29, 1.82) is 0 Å². The van der Waals surface area contributed by atoms with Gasteiger partial charge in [-0.3, -0.25) is 0 Å². The number of benzene rings is 1. The van der Waals surface area contributed by atoms with Crippen LogP contribution in [0, 0.1) is 0 Å². The fourth-order valence-corrected chi connectivity index (χ4v) is 1.84. The van der Waals surface area contributed by atoms with Gasteiger partial charge in [-0.2, -0.15) is 0 Å². The average Bonchev–Trinajstić information content (AvgIpc) is 2.42. The van der Waals surface area contributed by atoms with Crippen LogP contribution in [0.1, 0.15) is 38.3 Å². The summed E-state index contributed by atoms with van der Waals surface area (Å²) in [6.45, 7) is 5.97. The van der Waals surface area contributed by atoms with E-state index in [0.29, 0.717) is 13.2 Å². The van der Waals surface area contributed by atoms with Gasteiger partial charge in [-0.1, -0.05) is 19.4 Å². The number of ether oxygens (including phenoxy) is 3. The molecule has 0 aliphatic rings. The van der Waals surface area contributed by atoms with E-state index >= 15 is 0 Å². The van der Waals surface area contributed by atoms with Gasteiger partial charge in [0, 0.05) is 12.6 Å². The van der Waals surface area contributed by atoms with Crippen LogP contribution in [0.15, 0.2) is 18.2 Å². The zero-order valence-electron chi connectivity index (χ0n) is 12.1. The minimum Gasteiger partial charge on any atom is -0.496 e. The van der Waals surface area contributed by atoms with E-state index in [1.54, 1.807) is 7.11 Å². The fraction of sp³-hybridized carbons (Fsp3) is 0.600. The minimum absolute atomic E-state index is 0.132. The Bertz CT molecular complexity index is 366. The Labute approximate surface area is 115 Å². The molecule has 0 spiro atoms. The highest BCUT2D eigenvalue weighted by molar-refractivity contribution is 5.46. The maximum Gasteiger partial charge on any atom is 0.127 e. The summed E-state index contributed by atoms with van der Waals surface area (Å²) in [6, 6.07) is 5.57. The van der Waals surface area contributed by atoms with E-state index in [4.69, 9.17) is 19.9 Å². The van der Waals surface area contributed by atoms with Crippen molar-refractivity contribution in [2.45, 2.75) is 32.7 Å². The fourth-order valence-electron chi connectivity index (χ4n) is 1.84. The summed E-state index contributed by atoms with van der Waals surface area (Å²) in [4.78, 5) is 0. The van der Waals surface area contributed by atoms with Crippen LogP contribution in [0.25, 0.3) is 0 Å². The Hall–Kier alpha value is -1.26. The van der Waals surface area contributed by atoms with E-state index in [2.05, 4.69) is 6.92 Å². The van der Waals surface area contributed by atoms with Crippen molar-refractivity contribution in [3.05, 3.63) is 23.8 Å². The Balaban J connectivity index is 2.53. The van der Waals surface area contributed by atoms with Gasteiger partial charge in [-0.05, 0) is 25.5 Å². The van der Waals surface area contributed by atoms with Gasteiger partial charge in [0.15, 0.2) is 0 Å². The van der Waals surface area contributed by atoms with Crippen LogP contribution in [-0.4, -0.2) is 26.9 Å². The van der Waals surface area contributed by atoms with Crippen molar-refractivity contribution in [2.75, 3.05) is 26.9 Å². The highest BCUT2D eigenvalue weighted by Crippen LogP contribution is 2.32. The van der Waals surface area contributed by atoms with Crippen LogP contribution in [-0.2, 0) is 4.74 Å². The lowest BCUT2D eigenvalue weighted by molar-refractivity contribution is 0.0975. The SMILES string of the molecule is CCCCOCCOc1cccc(OC)c1[C@@H](C)N. The average molecular weight is 267 g/mol. The molecule has 0 aliphatic heterocycles. The molecule has 108 valence electrons. The Morgan fingerprint density at radius 1 is 1.16 bits per heavy atom. The lowest BCUT2D eigenvalue weighted by atomic mass is 10.1. The predicted molar refractivity (Wildman–Crippen MR) is 76.8 cm³/mol. The number of methoxy groups -OCH3 is 1. The second-order valence-electron chi connectivity index (χ2n) is 4.48. The Kier molecular flexibility index (Phi) is 7.30. The summed E-state index contributed by atoms with van der Waals surface area (Å²) in [5.74, 6) is 1.54. The van der Waals surface area contributed by atoms with Crippen molar-refractivity contribution in [3.63, 3.8) is 0 Å². The van der Waals surface area contributed by atoms with E-state index in [1.807, 2.05) is 25.1 Å². The molecule has 0 aliphatic carbocycles. The summed E-state index contributed by atoms with van der Waals surface area (Å²) in [6.07, 6.45) is 2.23. The molecule has 1 aromatic carbocycles. The van der Waals surface area contributed by atoms with Crippen molar-refractivity contribution >= 4 is 0 Å². The molecule has 0 radical (unpaired) electrons. The van der Waals surface area contributed by atoms with Crippen LogP contribution >= 0.6 is 0 Å². The molecule has 4 heteroatoms. The first kappa shape index (κ1) is 15.8. The van der Waals surface area contributed by atoms with Gasteiger partial charge >= 0.3 is 0 Å². The normalized spacial score (nSPS) is 12.2. The summed E-state index contributed by atoms with van der Waals surface area (Å²) in [7, 11) is 1.64. The standard InChI is InChI=1S/C15H25NO3/c1-4-5-9-18-10-11-19-14-8-6-7-13(17-3)15(14)12(2)16/h6-8,12H,4-5,9-11,16H2,1-3H3/t12-/m1/s1. The third-order valence-electron chi connectivity index (χ3n) is 2.83. The molecule has 0 saturated carbocycles. The molecule has 1 aromatic rings. The molecule has 0 bridgehead atoms. The second-order valence-corrected chi connectivity index (χ2v) is 4.48. The van der Waals surface area contributed by atoms with Crippen LogP contribution in [0.3, 0.4) is 0 Å². The summed E-state index contributed by atoms with van der Waals surface area (Å²) >= 11 is 0. The molecule has 0 saturated heterocycles. The molecule has 1 rings (SSSR count). The topological polar surface area (TPSA) is 53.7 Å². The van der Waals surface area contributed by atoms with E-state index in [9.17, 15) is 0 Å². The lowest BCUT2D eigenvalue weighted by Crippen LogP contribution is -2.12. The van der Waals surface area contributed by atoms with Gasteiger partial charge < -0.3 is 19.9 Å². The first-order valence-electron chi connectivity index (χ1n) is 6.83. The van der Waals surface area contributed by atoms with Crippen LogP contribution in [0.5, 0.6) is 11.5 Å². The van der Waals surface area contributed by atoms with E-state index in [1.165, 1.54) is 0 Å². The molecule has 0 fully saturated rings. The number of hydrogen-bond donors (Lipinski definition) is 1. The number of hydrogen-bond acceptors (Lipinski definition) is 4. The molecule has 0 unspecified atom stereocenters. The second kappa shape index (κ2) is 8.77. The number of nitrogens with two attached hydrogens (primary N) is 1. The highest BCUT2D eigenvalue weighted by atomic mass is 16.5. The van der Waals surface area contributed by atoms with Gasteiger partial charge in [0.05, 0.1) is 19.3 Å². The highest BCUT2D eigenvalue weighted by Gasteiger charge is 2.13. The third kappa shape index (κ3) is 5.09. The van der Waals surface area contributed by atoms with E-state index < -0.39 is 0 Å². The van der Waals surface area contributed by atoms with Gasteiger partial charge in [0.1, 0.15) is 18.1 Å². The zero-order valence-corrected chi connectivity index (χ0v) is 12.1. The Morgan fingerprint density at radius 3 is 2.53 bits per heavy atom. The molecule has 0 aromatic heterocycles. The molecule has 19 heavy (non-hydrogen) atoms. The molecule has 0 heterocycles. The first-order valence-corrected chi connectivity index (χ1v) is 6.83. The minimum atomic E-state index is -0.132. The number of rotatable bonds is 9. The van der Waals surface area contributed by atoms with Crippen molar-refractivity contribution in [2.24, 2.45) is 5.73 Å².